The summed E-state index contributed by atoms with van der Waals surface area (Å²) in [7, 11) is 3.04. The molecule has 7 heteroatoms. The number of hydrogen-bond acceptors (Lipinski definition) is 4. The van der Waals surface area contributed by atoms with Crippen LogP contribution >= 0.6 is 11.6 Å². The third-order valence-electron chi connectivity index (χ3n) is 4.53. The average molecular weight is 412 g/mol. The number of benzene rings is 2. The molecule has 6 nitrogen and oxygen atoms in total. The highest BCUT2D eigenvalue weighted by Crippen LogP contribution is 2.35. The second-order valence-electron chi connectivity index (χ2n) is 6.39. The first-order valence-corrected chi connectivity index (χ1v) is 9.33. The van der Waals surface area contributed by atoms with Gasteiger partial charge in [0, 0.05) is 17.1 Å². The Morgan fingerprint density at radius 3 is 2.48 bits per heavy atom. The fourth-order valence-electron chi connectivity index (χ4n) is 3.21. The number of para-hydroxylation sites is 1. The molecule has 1 N–H and O–H groups in total. The van der Waals surface area contributed by atoms with Gasteiger partial charge in [0.15, 0.2) is 11.5 Å². The molecule has 0 aliphatic carbocycles. The normalized spacial score (nSPS) is 10.9. The first kappa shape index (κ1) is 20.5. The van der Waals surface area contributed by atoms with Gasteiger partial charge in [0.1, 0.15) is 0 Å². The minimum atomic E-state index is -0.289. The molecule has 1 aromatic heterocycles. The first-order valence-electron chi connectivity index (χ1n) is 8.95. The number of hydrogen-bond donors (Lipinski definition) is 1. The number of nitrogens with zero attached hydrogens (tertiary/aromatic N) is 2. The molecule has 29 heavy (non-hydrogen) atoms. The molecule has 0 atom stereocenters. The molecule has 1 heterocycles. The van der Waals surface area contributed by atoms with Crippen LogP contribution in [0.5, 0.6) is 11.5 Å². The van der Waals surface area contributed by atoms with Crippen LogP contribution in [0.3, 0.4) is 0 Å². The maximum Gasteiger partial charge on any atom is 0.273 e. The van der Waals surface area contributed by atoms with E-state index in [9.17, 15) is 4.79 Å². The minimum absolute atomic E-state index is 0.289. The lowest BCUT2D eigenvalue weighted by molar-refractivity contribution is 0.0954. The molecule has 0 aliphatic rings. The van der Waals surface area contributed by atoms with E-state index in [-0.39, 0.29) is 5.91 Å². The third-order valence-corrected chi connectivity index (χ3v) is 4.81. The number of aromatic nitrogens is 1. The summed E-state index contributed by atoms with van der Waals surface area (Å²) in [4.78, 5) is 12.6. The molecule has 3 aromatic rings. The quantitative estimate of drug-likeness (QED) is 0.478. The van der Waals surface area contributed by atoms with Crippen molar-refractivity contribution in [1.82, 2.24) is 9.99 Å². The van der Waals surface area contributed by atoms with E-state index in [1.165, 1.54) is 20.4 Å². The molecule has 150 valence electrons. The summed E-state index contributed by atoms with van der Waals surface area (Å²) >= 11 is 6.19. The van der Waals surface area contributed by atoms with Crippen LogP contribution in [0.4, 0.5) is 0 Å². The number of amides is 1. The van der Waals surface area contributed by atoms with E-state index in [2.05, 4.69) is 10.5 Å². The molecule has 0 aliphatic heterocycles. The van der Waals surface area contributed by atoms with Gasteiger partial charge in [-0.25, -0.2) is 5.43 Å². The maximum absolute atomic E-state index is 12.6. The van der Waals surface area contributed by atoms with Gasteiger partial charge in [0.25, 0.3) is 5.91 Å². The summed E-state index contributed by atoms with van der Waals surface area (Å²) in [6.07, 6.45) is 1.50. The molecule has 0 fully saturated rings. The summed E-state index contributed by atoms with van der Waals surface area (Å²) in [6.45, 7) is 3.87. The topological polar surface area (TPSA) is 64.8 Å². The fraction of sp³-hybridized carbons (Fsp3) is 0.182. The second kappa shape index (κ2) is 8.84. The monoisotopic (exact) mass is 411 g/mol. The van der Waals surface area contributed by atoms with Gasteiger partial charge in [-0.2, -0.15) is 5.10 Å². The number of halogens is 1. The van der Waals surface area contributed by atoms with Crippen molar-refractivity contribution in [3.05, 3.63) is 76.1 Å². The van der Waals surface area contributed by atoms with Crippen molar-refractivity contribution < 1.29 is 14.3 Å². The zero-order chi connectivity index (χ0) is 21.0. The highest BCUT2D eigenvalue weighted by Gasteiger charge is 2.16. The van der Waals surface area contributed by atoms with Crippen LogP contribution < -0.4 is 14.9 Å². The lowest BCUT2D eigenvalue weighted by atomic mass is 10.2. The lowest BCUT2D eigenvalue weighted by Gasteiger charge is -2.10. The largest absolute Gasteiger partial charge is 0.493 e. The predicted molar refractivity (Wildman–Crippen MR) is 115 cm³/mol. The molecule has 0 radical (unpaired) electrons. The number of carbonyl (C=O) groups is 1. The zero-order valence-corrected chi connectivity index (χ0v) is 17.4. The van der Waals surface area contributed by atoms with Crippen LogP contribution in [0.15, 0.2) is 53.6 Å². The van der Waals surface area contributed by atoms with Gasteiger partial charge >= 0.3 is 0 Å². The smallest absolute Gasteiger partial charge is 0.273 e. The van der Waals surface area contributed by atoms with E-state index in [0.29, 0.717) is 27.6 Å². The molecule has 0 saturated heterocycles. The Morgan fingerprint density at radius 2 is 1.83 bits per heavy atom. The highest BCUT2D eigenvalue weighted by molar-refractivity contribution is 6.32. The van der Waals surface area contributed by atoms with Crippen molar-refractivity contribution >= 4 is 23.7 Å². The number of methoxy groups -OCH3 is 2. The van der Waals surface area contributed by atoms with E-state index >= 15 is 0 Å². The van der Waals surface area contributed by atoms with E-state index < -0.39 is 0 Å². The Labute approximate surface area is 174 Å². The number of rotatable bonds is 6. The molecule has 0 saturated carbocycles. The maximum atomic E-state index is 12.6. The fourth-order valence-corrected chi connectivity index (χ4v) is 3.50. The van der Waals surface area contributed by atoms with Crippen molar-refractivity contribution in [3.63, 3.8) is 0 Å². The molecular weight excluding hydrogens is 390 g/mol. The molecule has 0 unspecified atom stereocenters. The van der Waals surface area contributed by atoms with Crippen LogP contribution in [0.25, 0.3) is 5.69 Å². The van der Waals surface area contributed by atoms with Gasteiger partial charge in [-0.15, -0.1) is 0 Å². The van der Waals surface area contributed by atoms with Crippen LogP contribution in [-0.2, 0) is 0 Å². The number of hydrazone groups is 1. The van der Waals surface area contributed by atoms with Crippen molar-refractivity contribution in [2.24, 2.45) is 5.10 Å². The Kier molecular flexibility index (Phi) is 6.24. The zero-order valence-electron chi connectivity index (χ0n) is 16.7. The molecule has 0 spiro atoms. The van der Waals surface area contributed by atoms with E-state index in [1.54, 1.807) is 12.1 Å². The number of ether oxygens (including phenoxy) is 2. The van der Waals surface area contributed by atoms with Gasteiger partial charge in [-0.3, -0.25) is 4.79 Å². The van der Waals surface area contributed by atoms with Crippen molar-refractivity contribution in [1.29, 1.82) is 0 Å². The number of carbonyl (C=O) groups excluding carboxylic acids is 1. The van der Waals surface area contributed by atoms with E-state index in [4.69, 9.17) is 21.1 Å². The standard InChI is InChI=1S/C22H22ClN3O3/c1-14-10-18(15(2)26(14)17-8-6-5-7-9-17)22(27)25-24-13-16-11-19(23)21(29-4)20(12-16)28-3/h5-13H,1-4H3,(H,25,27)/b24-13+. The minimum Gasteiger partial charge on any atom is -0.493 e. The van der Waals surface area contributed by atoms with Gasteiger partial charge in [-0.05, 0) is 49.7 Å². The molecule has 2 aromatic carbocycles. The summed E-state index contributed by atoms with van der Waals surface area (Å²) in [5, 5.41) is 4.45. The van der Waals surface area contributed by atoms with Gasteiger partial charge in [0.05, 0.1) is 31.0 Å². The van der Waals surface area contributed by atoms with Gasteiger partial charge in [-0.1, -0.05) is 29.8 Å². The SMILES string of the molecule is COc1cc(/C=N/NC(=O)c2cc(C)n(-c3ccccc3)c2C)cc(Cl)c1OC. The number of aryl methyl sites for hydroxylation is 1. The summed E-state index contributed by atoms with van der Waals surface area (Å²) < 4.78 is 12.5. The van der Waals surface area contributed by atoms with Crippen LogP contribution in [0.1, 0.15) is 27.3 Å². The summed E-state index contributed by atoms with van der Waals surface area (Å²) in [5.74, 6) is 0.644. The van der Waals surface area contributed by atoms with Crippen molar-refractivity contribution in [2.45, 2.75) is 13.8 Å². The highest BCUT2D eigenvalue weighted by atomic mass is 35.5. The summed E-state index contributed by atoms with van der Waals surface area (Å²) in [5.41, 5.74) is 6.62. The van der Waals surface area contributed by atoms with E-state index in [0.717, 1.165) is 17.1 Å². The third kappa shape index (κ3) is 4.27. The van der Waals surface area contributed by atoms with Crippen molar-refractivity contribution in [3.8, 4) is 17.2 Å². The molecule has 3 rings (SSSR count). The van der Waals surface area contributed by atoms with Gasteiger partial charge in [0.2, 0.25) is 0 Å². The Morgan fingerprint density at radius 1 is 1.10 bits per heavy atom. The Hall–Kier alpha value is -3.25. The lowest BCUT2D eigenvalue weighted by Crippen LogP contribution is -2.18. The van der Waals surface area contributed by atoms with E-state index in [1.807, 2.05) is 54.8 Å². The van der Waals surface area contributed by atoms with Crippen molar-refractivity contribution in [2.75, 3.05) is 14.2 Å². The number of nitrogens with one attached hydrogen (secondary N) is 1. The first-order chi connectivity index (χ1) is 14.0. The van der Waals surface area contributed by atoms with Crippen LogP contribution in [0.2, 0.25) is 5.02 Å². The van der Waals surface area contributed by atoms with Crippen LogP contribution in [-0.4, -0.2) is 30.9 Å². The van der Waals surface area contributed by atoms with Gasteiger partial charge < -0.3 is 14.0 Å². The molecular formula is C22H22ClN3O3. The second-order valence-corrected chi connectivity index (χ2v) is 6.80. The van der Waals surface area contributed by atoms with Crippen LogP contribution in [0, 0.1) is 13.8 Å². The summed E-state index contributed by atoms with van der Waals surface area (Å²) in [6, 6.07) is 15.1. The average Bonchev–Trinajstić information content (AvgIpc) is 3.02. The predicted octanol–water partition coefficient (Wildman–Crippen LogP) is 4.53. The Balaban J connectivity index is 1.79. The Bertz CT molecular complexity index is 1060. The molecule has 1 amide bonds. The molecule has 0 bridgehead atoms.